The van der Waals surface area contributed by atoms with Crippen molar-refractivity contribution in [3.05, 3.63) is 0 Å². The zero-order valence-corrected chi connectivity index (χ0v) is 6.24. The summed E-state index contributed by atoms with van der Waals surface area (Å²) in [5, 5.41) is 0. The van der Waals surface area contributed by atoms with Crippen LogP contribution in [0.4, 0.5) is 0 Å². The molecule has 1 aliphatic rings. The van der Waals surface area contributed by atoms with E-state index < -0.39 is 0 Å². The van der Waals surface area contributed by atoms with E-state index >= 15 is 0 Å². The molecule has 0 radical (unpaired) electrons. The summed E-state index contributed by atoms with van der Waals surface area (Å²) in [5.41, 5.74) is 0.836. The molecule has 7 heavy (non-hydrogen) atoms. The Labute approximate surface area is 53.7 Å². The molecule has 1 aliphatic heterocycles. The third-order valence-electron chi connectivity index (χ3n) is 1.63. The van der Waals surface area contributed by atoms with Gasteiger partial charge in [0.1, 0.15) is 0 Å². The maximum Gasteiger partial charge on any atom is 0.222 e. The van der Waals surface area contributed by atoms with Gasteiger partial charge in [0.05, 0.1) is 0 Å². The largest absolute Gasteiger partial charge is 0.222 e. The Hall–Kier alpha value is 0.545. The van der Waals surface area contributed by atoms with Gasteiger partial charge in [-0.3, -0.25) is 0 Å². The first-order valence-corrected chi connectivity index (χ1v) is 3.84. The third-order valence-corrected chi connectivity index (χ3v) is 2.46. The minimum absolute atomic E-state index is 0.836. The van der Waals surface area contributed by atoms with Crippen molar-refractivity contribution in [2.24, 2.45) is 5.92 Å². The predicted molar refractivity (Wildman–Crippen MR) is 38.1 cm³/mol. The molecule has 1 atom stereocenters. The van der Waals surface area contributed by atoms with E-state index in [4.69, 9.17) is 0 Å². The van der Waals surface area contributed by atoms with Crippen molar-refractivity contribution < 1.29 is 0 Å². The molecule has 1 heterocycles. The number of halogens is 1. The molecule has 0 spiro atoms. The predicted octanol–water partition coefficient (Wildman–Crippen LogP) is 2.41. The number of hydrogen-bond donors (Lipinski definition) is 0. The molecule has 0 aliphatic carbocycles. The Balaban J connectivity index is 2.26. The van der Waals surface area contributed by atoms with E-state index in [1.165, 1.54) is 19.1 Å². The minimum atomic E-state index is 0.836. The molecule has 0 aromatic heterocycles. The van der Waals surface area contributed by atoms with Gasteiger partial charge in [-0.05, 0) is 0 Å². The van der Waals surface area contributed by atoms with Crippen molar-refractivity contribution in [2.75, 3.05) is 0 Å². The molecule has 1 rings (SSSR count). The van der Waals surface area contributed by atoms with Gasteiger partial charge in [-0.15, -0.1) is 0 Å². The molecule has 0 amide bonds. The second-order valence-corrected chi connectivity index (χ2v) is 3.81. The van der Waals surface area contributed by atoms with Crippen molar-refractivity contribution in [3.63, 3.8) is 0 Å². The van der Waals surface area contributed by atoms with Crippen LogP contribution in [-0.4, -0.2) is 5.54 Å². The average molecular weight is 161 g/mol. The van der Waals surface area contributed by atoms with Crippen molar-refractivity contribution >= 4 is 21.3 Å². The topological polar surface area (TPSA) is 0 Å². The highest BCUT2D eigenvalue weighted by molar-refractivity contribution is 9.24. The van der Waals surface area contributed by atoms with E-state index in [0.29, 0.717) is 0 Å². The fourth-order valence-corrected chi connectivity index (χ4v) is 2.04. The lowest BCUT2D eigenvalue weighted by Crippen LogP contribution is -1.91. The normalized spacial score (nSPS) is 31.7. The van der Waals surface area contributed by atoms with E-state index in [9.17, 15) is 0 Å². The summed E-state index contributed by atoms with van der Waals surface area (Å²) in [7, 11) is 0. The first-order chi connectivity index (χ1) is 3.29. The highest BCUT2D eigenvalue weighted by Crippen LogP contribution is 2.28. The zero-order valence-electron chi connectivity index (χ0n) is 4.65. The Morgan fingerprint density at radius 1 is 1.71 bits per heavy atom. The van der Waals surface area contributed by atoms with E-state index in [1.54, 1.807) is 0 Å². The van der Waals surface area contributed by atoms with Crippen LogP contribution in [0.1, 0.15) is 13.3 Å². The van der Waals surface area contributed by atoms with Crippen LogP contribution in [0.25, 0.3) is 0 Å². The monoisotopic (exact) mass is 160 g/mol. The minimum Gasteiger partial charge on any atom is -0.157 e. The van der Waals surface area contributed by atoms with Crippen molar-refractivity contribution in [2.45, 2.75) is 26.0 Å². The average Bonchev–Trinajstić information content (AvgIpc) is 1.87. The molecular weight excluding hydrogens is 151 g/mol. The van der Waals surface area contributed by atoms with Gasteiger partial charge >= 0.3 is 0 Å². The van der Waals surface area contributed by atoms with Crippen LogP contribution in [0.5, 0.6) is 0 Å². The van der Waals surface area contributed by atoms with Crippen molar-refractivity contribution in [1.82, 2.24) is 0 Å². The lowest BCUT2D eigenvalue weighted by atomic mass is 9.76. The summed E-state index contributed by atoms with van der Waals surface area (Å²) >= 11 is 3.58. The van der Waals surface area contributed by atoms with Gasteiger partial charge < -0.3 is 0 Å². The summed E-state index contributed by atoms with van der Waals surface area (Å²) in [6.07, 6.45) is 4.21. The molecule has 0 N–H and O–H groups in total. The quantitative estimate of drug-likeness (QED) is 0.478. The first kappa shape index (κ1) is 5.68. The molecule has 2 heteroatoms. The molecule has 40 valence electrons. The summed E-state index contributed by atoms with van der Waals surface area (Å²) in [5.74, 6) is 0.976. The van der Waals surface area contributed by atoms with Crippen LogP contribution in [0.2, 0.25) is 12.6 Å². The molecule has 1 fully saturated rings. The van der Waals surface area contributed by atoms with Crippen LogP contribution in [0.3, 0.4) is 0 Å². The third kappa shape index (κ3) is 1.48. The molecule has 0 bridgehead atoms. The zero-order chi connectivity index (χ0) is 5.28. The summed E-state index contributed by atoms with van der Waals surface area (Å²) < 4.78 is 0. The first-order valence-electron chi connectivity index (χ1n) is 2.93. The standard InChI is InChI=1S/C5H10BBr/c1-5-2-3-6(7)4-5/h5H,2-4H2,1H3. The maximum atomic E-state index is 3.58. The van der Waals surface area contributed by atoms with Gasteiger partial charge in [0.25, 0.3) is 0 Å². The van der Waals surface area contributed by atoms with E-state index in [-0.39, 0.29) is 0 Å². The smallest absolute Gasteiger partial charge is 0.157 e. The second kappa shape index (κ2) is 2.21. The fourth-order valence-electron chi connectivity index (χ4n) is 1.14. The fraction of sp³-hybridized carbons (Fsp3) is 1.00. The van der Waals surface area contributed by atoms with Crippen LogP contribution in [-0.2, 0) is 0 Å². The van der Waals surface area contributed by atoms with Gasteiger partial charge in [0.15, 0.2) is 0 Å². The SMILES string of the molecule is CC1CCB(Br)C1. The van der Waals surface area contributed by atoms with E-state index in [1.807, 2.05) is 0 Å². The van der Waals surface area contributed by atoms with Crippen LogP contribution in [0, 0.1) is 5.92 Å². The van der Waals surface area contributed by atoms with Gasteiger partial charge in [0.2, 0.25) is 5.54 Å². The number of hydrogen-bond acceptors (Lipinski definition) is 0. The van der Waals surface area contributed by atoms with E-state index in [2.05, 4.69) is 22.7 Å². The van der Waals surface area contributed by atoms with Crippen molar-refractivity contribution in [3.8, 4) is 0 Å². The van der Waals surface area contributed by atoms with Crippen LogP contribution < -0.4 is 0 Å². The van der Waals surface area contributed by atoms with Gasteiger partial charge in [-0.25, -0.2) is 0 Å². The summed E-state index contributed by atoms with van der Waals surface area (Å²) in [6.45, 7) is 2.32. The Morgan fingerprint density at radius 3 is 2.57 bits per heavy atom. The molecule has 0 aromatic rings. The molecule has 1 unspecified atom stereocenters. The lowest BCUT2D eigenvalue weighted by Gasteiger charge is -1.93. The Kier molecular flexibility index (Phi) is 1.79. The second-order valence-electron chi connectivity index (χ2n) is 2.52. The molecule has 0 aromatic carbocycles. The summed E-state index contributed by atoms with van der Waals surface area (Å²) in [4.78, 5) is 0. The van der Waals surface area contributed by atoms with Crippen molar-refractivity contribution in [1.29, 1.82) is 0 Å². The van der Waals surface area contributed by atoms with E-state index in [0.717, 1.165) is 11.5 Å². The molecule has 1 saturated heterocycles. The van der Waals surface area contributed by atoms with Crippen LogP contribution in [0.15, 0.2) is 0 Å². The van der Waals surface area contributed by atoms with Gasteiger partial charge in [0, 0.05) is 0 Å². The highest BCUT2D eigenvalue weighted by atomic mass is 79.9. The molecule has 0 nitrogen and oxygen atoms in total. The highest BCUT2D eigenvalue weighted by Gasteiger charge is 2.21. The van der Waals surface area contributed by atoms with Crippen LogP contribution >= 0.6 is 15.8 Å². The maximum absolute atomic E-state index is 3.58. The summed E-state index contributed by atoms with van der Waals surface area (Å²) in [6, 6.07) is 0. The van der Waals surface area contributed by atoms with Gasteiger partial charge in [-0.1, -0.05) is 31.9 Å². The number of rotatable bonds is 0. The molecule has 0 saturated carbocycles. The Morgan fingerprint density at radius 2 is 2.43 bits per heavy atom. The van der Waals surface area contributed by atoms with Gasteiger partial charge in [-0.2, -0.15) is 15.8 Å². The molecular formula is C5H10BBr. The Bertz CT molecular complexity index is 57.1. The lowest BCUT2D eigenvalue weighted by molar-refractivity contribution is 0.658.